The Kier molecular flexibility index (Phi) is 4.95. The molecular formula is C21H16N4. The van der Waals surface area contributed by atoms with E-state index in [4.69, 9.17) is 0 Å². The van der Waals surface area contributed by atoms with E-state index in [9.17, 15) is 10.5 Å². The van der Waals surface area contributed by atoms with Crippen LogP contribution in [0.15, 0.2) is 78.9 Å². The molecule has 0 radical (unpaired) electrons. The number of para-hydroxylation sites is 2. The average molecular weight is 324 g/mol. The van der Waals surface area contributed by atoms with Crippen LogP contribution in [-0.4, -0.2) is 0 Å². The average Bonchev–Trinajstić information content (AvgIpc) is 2.66. The molecule has 0 saturated carbocycles. The minimum Gasteiger partial charge on any atom is -0.356 e. The molecule has 0 aliphatic carbocycles. The number of nitrogens with zero attached hydrogens (tertiary/aromatic N) is 2. The second-order valence-corrected chi connectivity index (χ2v) is 5.48. The van der Waals surface area contributed by atoms with Crippen LogP contribution in [0.3, 0.4) is 0 Å². The molecule has 0 spiro atoms. The molecule has 3 rings (SSSR count). The van der Waals surface area contributed by atoms with Crippen LogP contribution < -0.4 is 10.6 Å². The van der Waals surface area contributed by atoms with Crippen molar-refractivity contribution in [3.8, 4) is 12.1 Å². The summed E-state index contributed by atoms with van der Waals surface area (Å²) in [6.45, 7) is 0. The molecule has 0 aliphatic heterocycles. The van der Waals surface area contributed by atoms with Crippen LogP contribution in [0.4, 0.5) is 22.7 Å². The third-order valence-corrected chi connectivity index (χ3v) is 3.74. The van der Waals surface area contributed by atoms with Crippen molar-refractivity contribution in [2.75, 3.05) is 10.6 Å². The van der Waals surface area contributed by atoms with Crippen molar-refractivity contribution in [2.24, 2.45) is 0 Å². The SMILES string of the molecule is N#CC(C#N)c1cc(Nc2ccccc2)ccc1Nc1ccccc1. The smallest absolute Gasteiger partial charge is 0.160 e. The van der Waals surface area contributed by atoms with Gasteiger partial charge < -0.3 is 10.6 Å². The van der Waals surface area contributed by atoms with Crippen molar-refractivity contribution < 1.29 is 0 Å². The highest BCUT2D eigenvalue weighted by Crippen LogP contribution is 2.31. The third kappa shape index (κ3) is 3.96. The molecule has 0 aromatic heterocycles. The Hall–Kier alpha value is -3.76. The van der Waals surface area contributed by atoms with Crippen molar-refractivity contribution in [2.45, 2.75) is 5.92 Å². The van der Waals surface area contributed by atoms with E-state index in [1.165, 1.54) is 0 Å². The minimum atomic E-state index is -0.844. The molecular weight excluding hydrogens is 308 g/mol. The van der Waals surface area contributed by atoms with E-state index in [-0.39, 0.29) is 0 Å². The highest BCUT2D eigenvalue weighted by Gasteiger charge is 2.15. The number of nitriles is 2. The summed E-state index contributed by atoms with van der Waals surface area (Å²) < 4.78 is 0. The highest BCUT2D eigenvalue weighted by molar-refractivity contribution is 5.71. The fourth-order valence-corrected chi connectivity index (χ4v) is 2.53. The fourth-order valence-electron chi connectivity index (χ4n) is 2.53. The Morgan fingerprint density at radius 3 is 1.76 bits per heavy atom. The van der Waals surface area contributed by atoms with Crippen molar-refractivity contribution in [3.63, 3.8) is 0 Å². The van der Waals surface area contributed by atoms with Crippen molar-refractivity contribution in [1.82, 2.24) is 0 Å². The maximum Gasteiger partial charge on any atom is 0.160 e. The van der Waals surface area contributed by atoms with Crippen LogP contribution in [0, 0.1) is 22.7 Å². The molecule has 120 valence electrons. The summed E-state index contributed by atoms with van der Waals surface area (Å²) in [6.07, 6.45) is 0. The molecule has 0 atom stereocenters. The molecule has 4 nitrogen and oxygen atoms in total. The number of hydrogen-bond donors (Lipinski definition) is 2. The quantitative estimate of drug-likeness (QED) is 0.667. The van der Waals surface area contributed by atoms with Crippen LogP contribution in [0.2, 0.25) is 0 Å². The zero-order valence-corrected chi connectivity index (χ0v) is 13.5. The van der Waals surface area contributed by atoms with E-state index >= 15 is 0 Å². The van der Waals surface area contributed by atoms with E-state index < -0.39 is 5.92 Å². The number of hydrogen-bond acceptors (Lipinski definition) is 4. The van der Waals surface area contributed by atoms with Crippen LogP contribution in [0.1, 0.15) is 11.5 Å². The Bertz CT molecular complexity index is 908. The lowest BCUT2D eigenvalue weighted by molar-refractivity contribution is 1.10. The summed E-state index contributed by atoms with van der Waals surface area (Å²) in [5.74, 6) is -0.844. The van der Waals surface area contributed by atoms with Gasteiger partial charge in [-0.25, -0.2) is 0 Å². The van der Waals surface area contributed by atoms with E-state index in [1.54, 1.807) is 0 Å². The summed E-state index contributed by atoms with van der Waals surface area (Å²) in [5.41, 5.74) is 4.08. The van der Waals surface area contributed by atoms with Crippen LogP contribution in [-0.2, 0) is 0 Å². The van der Waals surface area contributed by atoms with E-state index in [0.717, 1.165) is 22.7 Å². The normalized spacial score (nSPS) is 9.88. The maximum atomic E-state index is 9.33. The van der Waals surface area contributed by atoms with E-state index in [2.05, 4.69) is 22.8 Å². The van der Waals surface area contributed by atoms with Gasteiger partial charge in [0.1, 0.15) is 0 Å². The van der Waals surface area contributed by atoms with Gasteiger partial charge in [0.15, 0.2) is 5.92 Å². The summed E-state index contributed by atoms with van der Waals surface area (Å²) in [4.78, 5) is 0. The summed E-state index contributed by atoms with van der Waals surface area (Å²) in [7, 11) is 0. The molecule has 0 bridgehead atoms. The zero-order chi connectivity index (χ0) is 17.5. The predicted octanol–water partition coefficient (Wildman–Crippen LogP) is 5.30. The first-order valence-electron chi connectivity index (χ1n) is 7.87. The molecule has 0 saturated heterocycles. The van der Waals surface area contributed by atoms with E-state index in [1.807, 2.05) is 78.9 Å². The van der Waals surface area contributed by atoms with Gasteiger partial charge in [0.2, 0.25) is 0 Å². The van der Waals surface area contributed by atoms with Crippen molar-refractivity contribution in [3.05, 3.63) is 84.4 Å². The van der Waals surface area contributed by atoms with Crippen LogP contribution >= 0.6 is 0 Å². The Morgan fingerprint density at radius 2 is 1.20 bits per heavy atom. The van der Waals surface area contributed by atoms with Gasteiger partial charge in [0.05, 0.1) is 12.1 Å². The van der Waals surface area contributed by atoms with Crippen LogP contribution in [0.25, 0.3) is 0 Å². The largest absolute Gasteiger partial charge is 0.356 e. The molecule has 3 aromatic rings. The van der Waals surface area contributed by atoms with Gasteiger partial charge in [0, 0.05) is 28.3 Å². The van der Waals surface area contributed by atoms with Gasteiger partial charge in [-0.3, -0.25) is 0 Å². The molecule has 0 aliphatic rings. The molecule has 0 heterocycles. The van der Waals surface area contributed by atoms with Gasteiger partial charge in [0.25, 0.3) is 0 Å². The van der Waals surface area contributed by atoms with Gasteiger partial charge in [-0.05, 0) is 42.5 Å². The molecule has 0 unspecified atom stereocenters. The lowest BCUT2D eigenvalue weighted by atomic mass is 9.99. The Morgan fingerprint density at radius 1 is 0.640 bits per heavy atom. The zero-order valence-electron chi connectivity index (χ0n) is 13.5. The second-order valence-electron chi connectivity index (χ2n) is 5.48. The monoisotopic (exact) mass is 324 g/mol. The maximum absolute atomic E-state index is 9.33. The molecule has 25 heavy (non-hydrogen) atoms. The predicted molar refractivity (Wildman–Crippen MR) is 99.9 cm³/mol. The Labute approximate surface area is 147 Å². The highest BCUT2D eigenvalue weighted by atomic mass is 14.9. The second kappa shape index (κ2) is 7.68. The van der Waals surface area contributed by atoms with Crippen molar-refractivity contribution in [1.29, 1.82) is 10.5 Å². The first-order valence-corrected chi connectivity index (χ1v) is 7.87. The summed E-state index contributed by atoms with van der Waals surface area (Å²) >= 11 is 0. The first kappa shape index (κ1) is 16.1. The van der Waals surface area contributed by atoms with Gasteiger partial charge in [-0.1, -0.05) is 36.4 Å². The summed E-state index contributed by atoms with van der Waals surface area (Å²) in [5, 5.41) is 25.2. The van der Waals surface area contributed by atoms with Gasteiger partial charge in [-0.2, -0.15) is 10.5 Å². The molecule has 2 N–H and O–H groups in total. The molecule has 0 fully saturated rings. The number of nitrogens with one attached hydrogen (secondary N) is 2. The van der Waals surface area contributed by atoms with Gasteiger partial charge >= 0.3 is 0 Å². The summed E-state index contributed by atoms with van der Waals surface area (Å²) in [6, 6.07) is 29.2. The molecule has 0 amide bonds. The van der Waals surface area contributed by atoms with Gasteiger partial charge in [-0.15, -0.1) is 0 Å². The first-order chi connectivity index (χ1) is 12.3. The topological polar surface area (TPSA) is 71.6 Å². The van der Waals surface area contributed by atoms with Crippen LogP contribution in [0.5, 0.6) is 0 Å². The lowest BCUT2D eigenvalue weighted by Gasteiger charge is -2.15. The molecule has 4 heteroatoms. The number of anilines is 4. The lowest BCUT2D eigenvalue weighted by Crippen LogP contribution is -2.01. The minimum absolute atomic E-state index is 0.648. The van der Waals surface area contributed by atoms with Crippen molar-refractivity contribution >= 4 is 22.7 Å². The Balaban J connectivity index is 1.95. The standard InChI is InChI=1S/C21H16N4/c22-14-16(15-23)20-13-19(24-17-7-3-1-4-8-17)11-12-21(20)25-18-9-5-2-6-10-18/h1-13,16,24-25H. The number of rotatable bonds is 5. The van der Waals surface area contributed by atoms with E-state index in [0.29, 0.717) is 5.56 Å². The third-order valence-electron chi connectivity index (χ3n) is 3.74. The molecule has 3 aromatic carbocycles. The number of benzene rings is 3. The fraction of sp³-hybridized carbons (Fsp3) is 0.0476.